The number of para-hydroxylation sites is 1. The van der Waals surface area contributed by atoms with Gasteiger partial charge in [0, 0.05) is 17.6 Å². The number of nitrogens with one attached hydrogen (secondary N) is 1. The Hall–Kier alpha value is -4.11. The zero-order valence-electron chi connectivity index (χ0n) is 20.1. The van der Waals surface area contributed by atoms with Crippen LogP contribution in [0.1, 0.15) is 24.2 Å². The molecule has 1 amide bonds. The average molecular weight is 502 g/mol. The molecular formula is C27H25N4O4S+. The van der Waals surface area contributed by atoms with Gasteiger partial charge in [0.2, 0.25) is 11.1 Å². The number of nitrogens with zero attached hydrogens (tertiary/aromatic N) is 3. The van der Waals surface area contributed by atoms with Crippen LogP contribution in [0.25, 0.3) is 11.3 Å². The van der Waals surface area contributed by atoms with E-state index in [1.165, 1.54) is 18.7 Å². The first-order valence-electron chi connectivity index (χ1n) is 11.4. The first-order chi connectivity index (χ1) is 17.5. The van der Waals surface area contributed by atoms with Crippen LogP contribution in [0.5, 0.6) is 11.5 Å². The summed E-state index contributed by atoms with van der Waals surface area (Å²) in [6.45, 7) is 1.89. The van der Waals surface area contributed by atoms with Crippen molar-refractivity contribution in [3.63, 3.8) is 0 Å². The van der Waals surface area contributed by atoms with Gasteiger partial charge in [0.05, 0.1) is 18.4 Å². The fourth-order valence-electron chi connectivity index (χ4n) is 4.40. The number of hydrogen-bond donors (Lipinski definition) is 1. The maximum atomic E-state index is 13.2. The summed E-state index contributed by atoms with van der Waals surface area (Å²) in [7, 11) is 1.57. The number of carbonyl (C=O) groups is 1. The lowest BCUT2D eigenvalue weighted by Crippen LogP contribution is -2.60. The smallest absolute Gasteiger partial charge is 0.325 e. The number of amides is 1. The highest BCUT2D eigenvalue weighted by Gasteiger charge is 2.45. The van der Waals surface area contributed by atoms with Gasteiger partial charge in [-0.05, 0) is 46.8 Å². The first kappa shape index (κ1) is 23.6. The van der Waals surface area contributed by atoms with Crippen LogP contribution < -0.4 is 24.6 Å². The van der Waals surface area contributed by atoms with Gasteiger partial charge in [0.15, 0.2) is 11.5 Å². The molecule has 1 aromatic heterocycles. The molecule has 1 aliphatic heterocycles. The average Bonchev–Trinajstić information content (AvgIpc) is 2.91. The second-order valence-electron chi connectivity index (χ2n) is 8.22. The fraction of sp³-hybridized carbons (Fsp3) is 0.185. The van der Waals surface area contributed by atoms with Crippen molar-refractivity contribution in [2.24, 2.45) is 0 Å². The highest BCUT2D eigenvalue weighted by Crippen LogP contribution is 2.39. The molecule has 0 saturated carbocycles. The van der Waals surface area contributed by atoms with Gasteiger partial charge in [-0.1, -0.05) is 54.2 Å². The van der Waals surface area contributed by atoms with Gasteiger partial charge in [-0.25, -0.2) is 4.90 Å². The molecule has 9 heteroatoms. The van der Waals surface area contributed by atoms with Gasteiger partial charge in [-0.3, -0.25) is 14.6 Å². The summed E-state index contributed by atoms with van der Waals surface area (Å²) in [5.74, 6) is 0.911. The van der Waals surface area contributed by atoms with E-state index in [9.17, 15) is 9.59 Å². The number of benzene rings is 3. The van der Waals surface area contributed by atoms with Crippen molar-refractivity contribution in [3.05, 3.63) is 94.3 Å². The van der Waals surface area contributed by atoms with E-state index in [0.717, 1.165) is 11.1 Å². The number of anilines is 1. The lowest BCUT2D eigenvalue weighted by molar-refractivity contribution is -0.763. The van der Waals surface area contributed by atoms with E-state index in [2.05, 4.69) is 4.98 Å². The summed E-state index contributed by atoms with van der Waals surface area (Å²) in [6.07, 6.45) is 1.14. The van der Waals surface area contributed by atoms with Crippen molar-refractivity contribution < 1.29 is 19.0 Å². The Bertz CT molecular complexity index is 1490. The molecule has 0 fully saturated rings. The van der Waals surface area contributed by atoms with E-state index in [0.29, 0.717) is 40.2 Å². The van der Waals surface area contributed by atoms with Crippen LogP contribution >= 0.6 is 11.8 Å². The van der Waals surface area contributed by atoms with E-state index >= 15 is 0 Å². The van der Waals surface area contributed by atoms with E-state index < -0.39 is 6.17 Å². The number of H-pyrrole nitrogens is 1. The van der Waals surface area contributed by atoms with Gasteiger partial charge in [0.25, 0.3) is 6.17 Å². The lowest BCUT2D eigenvalue weighted by Gasteiger charge is -2.31. The Morgan fingerprint density at radius 1 is 1.08 bits per heavy atom. The van der Waals surface area contributed by atoms with E-state index in [4.69, 9.17) is 14.6 Å². The molecule has 0 radical (unpaired) electrons. The monoisotopic (exact) mass is 501 g/mol. The minimum absolute atomic E-state index is 0.179. The second kappa shape index (κ2) is 9.87. The molecule has 36 heavy (non-hydrogen) atoms. The summed E-state index contributed by atoms with van der Waals surface area (Å²) in [6, 6.07) is 22.7. The number of thioether (sulfide) groups is 1. The van der Waals surface area contributed by atoms with Crippen LogP contribution in [0.4, 0.5) is 5.69 Å². The Kier molecular flexibility index (Phi) is 6.47. The number of fused-ring (bicyclic) bond motifs is 3. The van der Waals surface area contributed by atoms with Crippen LogP contribution in [0.2, 0.25) is 0 Å². The fourth-order valence-corrected chi connectivity index (χ4v) is 4.77. The molecule has 1 aliphatic rings. The summed E-state index contributed by atoms with van der Waals surface area (Å²) in [5, 5.41) is 5.14. The predicted molar refractivity (Wildman–Crippen MR) is 137 cm³/mol. The summed E-state index contributed by atoms with van der Waals surface area (Å²) < 4.78 is 13.3. The van der Waals surface area contributed by atoms with E-state index in [-0.39, 0.29) is 11.5 Å². The quantitative estimate of drug-likeness (QED) is 0.318. The molecule has 3 aromatic carbocycles. The van der Waals surface area contributed by atoms with Crippen LogP contribution in [0.3, 0.4) is 0 Å². The minimum atomic E-state index is -0.697. The SMILES string of the molecule is COc1cc([C@@H]2N(C(C)=O)c3ccccc3-c3c(=O)[nH]c(SC)n[n+]32)ccc1OCc1ccccc1. The minimum Gasteiger partial charge on any atom is -0.493 e. The van der Waals surface area contributed by atoms with Gasteiger partial charge < -0.3 is 9.47 Å². The number of rotatable bonds is 6. The molecule has 2 heterocycles. The highest BCUT2D eigenvalue weighted by molar-refractivity contribution is 7.98. The number of ether oxygens (including phenoxy) is 2. The third kappa shape index (κ3) is 4.22. The number of methoxy groups -OCH3 is 1. The van der Waals surface area contributed by atoms with Gasteiger partial charge in [-0.15, -0.1) is 0 Å². The molecule has 0 saturated heterocycles. The van der Waals surface area contributed by atoms with Crippen LogP contribution in [0, 0.1) is 0 Å². The predicted octanol–water partition coefficient (Wildman–Crippen LogP) is 3.95. The van der Waals surface area contributed by atoms with Crippen molar-refractivity contribution >= 4 is 23.4 Å². The molecule has 8 nitrogen and oxygen atoms in total. The normalized spacial score (nSPS) is 14.1. The van der Waals surface area contributed by atoms with E-state index in [1.54, 1.807) is 16.7 Å². The third-order valence-corrected chi connectivity index (χ3v) is 6.58. The first-order valence-corrected chi connectivity index (χ1v) is 12.6. The second-order valence-corrected chi connectivity index (χ2v) is 9.02. The van der Waals surface area contributed by atoms with Crippen LogP contribution in [0.15, 0.2) is 82.7 Å². The topological polar surface area (TPSA) is 88.4 Å². The summed E-state index contributed by atoms with van der Waals surface area (Å²) in [5.41, 5.74) is 3.15. The molecule has 5 rings (SSSR count). The summed E-state index contributed by atoms with van der Waals surface area (Å²) in [4.78, 5) is 30.7. The Morgan fingerprint density at radius 3 is 2.56 bits per heavy atom. The molecule has 1 N–H and O–H groups in total. The van der Waals surface area contributed by atoms with Gasteiger partial charge in [-0.2, -0.15) is 0 Å². The zero-order chi connectivity index (χ0) is 25.2. The molecular weight excluding hydrogens is 476 g/mol. The lowest BCUT2D eigenvalue weighted by atomic mass is 10.0. The number of aromatic amines is 1. The Labute approximate surface area is 212 Å². The number of carbonyl (C=O) groups excluding carboxylic acids is 1. The molecule has 0 aliphatic carbocycles. The van der Waals surface area contributed by atoms with Crippen molar-refractivity contribution in [2.45, 2.75) is 24.9 Å². The largest absolute Gasteiger partial charge is 0.493 e. The standard InChI is InChI=1S/C27H24N4O4S/c1-17(32)30-21-12-8-7-11-20(21)24-25(33)28-27(36-3)29-31(24)26(30)19-13-14-22(23(15-19)34-2)35-16-18-9-5-4-6-10-18/h4-15,26H,16H2,1-3H3/p+1/t26-/m1/s1. The molecule has 182 valence electrons. The maximum Gasteiger partial charge on any atom is 0.325 e. The Balaban J connectivity index is 1.64. The third-order valence-electron chi connectivity index (χ3n) is 6.01. The van der Waals surface area contributed by atoms with Crippen LogP contribution in [-0.4, -0.2) is 29.4 Å². The van der Waals surface area contributed by atoms with Crippen LogP contribution in [-0.2, 0) is 11.4 Å². The van der Waals surface area contributed by atoms with Crippen molar-refractivity contribution in [2.75, 3.05) is 18.3 Å². The van der Waals surface area contributed by atoms with Crippen molar-refractivity contribution in [1.29, 1.82) is 0 Å². The molecule has 0 unspecified atom stereocenters. The number of hydrogen-bond acceptors (Lipinski definition) is 6. The van der Waals surface area contributed by atoms with Gasteiger partial charge in [0.1, 0.15) is 6.61 Å². The molecule has 0 spiro atoms. The highest BCUT2D eigenvalue weighted by atomic mass is 32.2. The zero-order valence-corrected chi connectivity index (χ0v) is 20.9. The van der Waals surface area contributed by atoms with E-state index in [1.807, 2.05) is 79.1 Å². The molecule has 0 bridgehead atoms. The maximum absolute atomic E-state index is 13.2. The Morgan fingerprint density at radius 2 is 1.83 bits per heavy atom. The number of aromatic nitrogens is 3. The summed E-state index contributed by atoms with van der Waals surface area (Å²) >= 11 is 1.32. The van der Waals surface area contributed by atoms with Crippen molar-refractivity contribution in [3.8, 4) is 22.8 Å². The molecule has 1 atom stereocenters. The molecule has 4 aromatic rings. The van der Waals surface area contributed by atoms with Gasteiger partial charge >= 0.3 is 11.3 Å². The van der Waals surface area contributed by atoms with Crippen molar-refractivity contribution in [1.82, 2.24) is 10.1 Å².